The van der Waals surface area contributed by atoms with E-state index in [1.165, 1.54) is 12.0 Å². The Labute approximate surface area is 126 Å². The van der Waals surface area contributed by atoms with Gasteiger partial charge in [0, 0.05) is 36.8 Å². The minimum Gasteiger partial charge on any atom is -0.493 e. The lowest BCUT2D eigenvalue weighted by atomic mass is 10.1. The van der Waals surface area contributed by atoms with Crippen LogP contribution in [0.1, 0.15) is 37.3 Å². The van der Waals surface area contributed by atoms with E-state index >= 15 is 0 Å². The summed E-state index contributed by atoms with van der Waals surface area (Å²) in [5, 5.41) is 4.23. The molecule has 1 aromatic carbocycles. The van der Waals surface area contributed by atoms with Crippen LogP contribution in [0.2, 0.25) is 5.02 Å². The molecular formula is C16H24ClNO2. The molecule has 1 aromatic rings. The third-order valence-electron chi connectivity index (χ3n) is 3.43. The van der Waals surface area contributed by atoms with Crippen molar-refractivity contribution in [3.63, 3.8) is 0 Å². The molecule has 1 aliphatic heterocycles. The van der Waals surface area contributed by atoms with Gasteiger partial charge >= 0.3 is 0 Å². The quantitative estimate of drug-likeness (QED) is 0.707. The van der Waals surface area contributed by atoms with Gasteiger partial charge in [-0.1, -0.05) is 24.9 Å². The van der Waals surface area contributed by atoms with Crippen LogP contribution in [-0.2, 0) is 17.7 Å². The lowest BCUT2D eigenvalue weighted by Crippen LogP contribution is -2.17. The van der Waals surface area contributed by atoms with Crippen molar-refractivity contribution >= 4 is 11.6 Å². The number of rotatable bonds is 9. The zero-order valence-electron chi connectivity index (χ0n) is 12.2. The Morgan fingerprint density at radius 2 is 2.15 bits per heavy atom. The molecule has 1 N–H and O–H groups in total. The third-order valence-corrected chi connectivity index (χ3v) is 3.64. The number of halogens is 1. The first kappa shape index (κ1) is 15.6. The molecule has 0 saturated carbocycles. The number of hydrogen-bond acceptors (Lipinski definition) is 3. The lowest BCUT2D eigenvalue weighted by molar-refractivity contribution is 0.128. The Balaban J connectivity index is 1.67. The standard InChI is InChI=1S/C16H24ClNO2/c1-2-3-7-19-8-4-6-18-12-14-11-15(17)10-13-5-9-20-16(13)14/h10-11,18H,2-9,12H2,1H3. The predicted octanol–water partition coefficient (Wildman–Crippen LogP) is 3.57. The molecule has 20 heavy (non-hydrogen) atoms. The maximum Gasteiger partial charge on any atom is 0.127 e. The predicted molar refractivity (Wildman–Crippen MR) is 82.7 cm³/mol. The normalized spacial score (nSPS) is 13.3. The second-order valence-corrected chi connectivity index (χ2v) is 5.58. The Morgan fingerprint density at radius 3 is 3.00 bits per heavy atom. The SMILES string of the molecule is CCCCOCCCNCc1cc(Cl)cc2c1OCC2. The van der Waals surface area contributed by atoms with Crippen molar-refractivity contribution in [2.24, 2.45) is 0 Å². The van der Waals surface area contributed by atoms with E-state index in [2.05, 4.69) is 12.2 Å². The summed E-state index contributed by atoms with van der Waals surface area (Å²) in [6.45, 7) is 6.42. The van der Waals surface area contributed by atoms with Crippen molar-refractivity contribution in [1.29, 1.82) is 0 Å². The fraction of sp³-hybridized carbons (Fsp3) is 0.625. The van der Waals surface area contributed by atoms with Gasteiger partial charge in [-0.2, -0.15) is 0 Å². The van der Waals surface area contributed by atoms with Crippen LogP contribution in [0.15, 0.2) is 12.1 Å². The molecule has 4 heteroatoms. The second kappa shape index (κ2) is 8.50. The van der Waals surface area contributed by atoms with Crippen molar-refractivity contribution in [2.45, 2.75) is 39.2 Å². The minimum absolute atomic E-state index is 0.772. The number of hydrogen-bond donors (Lipinski definition) is 1. The van der Waals surface area contributed by atoms with Crippen LogP contribution in [0.4, 0.5) is 0 Å². The molecule has 3 nitrogen and oxygen atoms in total. The zero-order valence-corrected chi connectivity index (χ0v) is 13.0. The molecule has 112 valence electrons. The van der Waals surface area contributed by atoms with E-state index in [4.69, 9.17) is 21.1 Å². The molecule has 1 heterocycles. The molecule has 0 unspecified atom stereocenters. The molecule has 0 bridgehead atoms. The first-order valence-corrected chi connectivity index (χ1v) is 7.91. The van der Waals surface area contributed by atoms with Gasteiger partial charge < -0.3 is 14.8 Å². The van der Waals surface area contributed by atoms with E-state index in [1.54, 1.807) is 0 Å². The van der Waals surface area contributed by atoms with E-state index in [-0.39, 0.29) is 0 Å². The van der Waals surface area contributed by atoms with Gasteiger partial charge in [-0.3, -0.25) is 0 Å². The van der Waals surface area contributed by atoms with Crippen LogP contribution in [0.25, 0.3) is 0 Å². The summed E-state index contributed by atoms with van der Waals surface area (Å²) in [4.78, 5) is 0. The second-order valence-electron chi connectivity index (χ2n) is 5.15. The van der Waals surface area contributed by atoms with Crippen LogP contribution >= 0.6 is 11.6 Å². The molecule has 1 aliphatic rings. The summed E-state index contributed by atoms with van der Waals surface area (Å²) in [6, 6.07) is 4.01. The molecule has 0 radical (unpaired) electrons. The summed E-state index contributed by atoms with van der Waals surface area (Å²) in [5.41, 5.74) is 2.40. The number of fused-ring (bicyclic) bond motifs is 1. The van der Waals surface area contributed by atoms with E-state index < -0.39 is 0 Å². The van der Waals surface area contributed by atoms with E-state index in [0.717, 1.165) is 68.5 Å². The zero-order chi connectivity index (χ0) is 14.2. The Bertz CT molecular complexity index is 423. The molecule has 0 aromatic heterocycles. The highest BCUT2D eigenvalue weighted by Gasteiger charge is 2.16. The molecule has 0 fully saturated rings. The molecular weight excluding hydrogens is 274 g/mol. The number of unbranched alkanes of at least 4 members (excludes halogenated alkanes) is 1. The van der Waals surface area contributed by atoms with Crippen LogP contribution < -0.4 is 10.1 Å². The van der Waals surface area contributed by atoms with Gasteiger partial charge in [0.15, 0.2) is 0 Å². The fourth-order valence-electron chi connectivity index (χ4n) is 2.35. The third kappa shape index (κ3) is 4.65. The highest BCUT2D eigenvalue weighted by Crippen LogP contribution is 2.32. The van der Waals surface area contributed by atoms with Gasteiger partial charge in [0.05, 0.1) is 6.61 Å². The van der Waals surface area contributed by atoms with Crippen molar-refractivity contribution < 1.29 is 9.47 Å². The minimum atomic E-state index is 0.772. The summed E-state index contributed by atoms with van der Waals surface area (Å²) < 4.78 is 11.2. The van der Waals surface area contributed by atoms with Crippen LogP contribution in [0.5, 0.6) is 5.75 Å². The Kier molecular flexibility index (Phi) is 6.64. The maximum absolute atomic E-state index is 6.14. The lowest BCUT2D eigenvalue weighted by Gasteiger charge is -2.10. The average Bonchev–Trinajstić information content (AvgIpc) is 2.89. The van der Waals surface area contributed by atoms with Gasteiger partial charge in [0.25, 0.3) is 0 Å². The largest absolute Gasteiger partial charge is 0.493 e. The topological polar surface area (TPSA) is 30.5 Å². The number of benzene rings is 1. The van der Waals surface area contributed by atoms with E-state index in [0.29, 0.717) is 0 Å². The van der Waals surface area contributed by atoms with Crippen LogP contribution in [0.3, 0.4) is 0 Å². The highest BCUT2D eigenvalue weighted by atomic mass is 35.5. The van der Waals surface area contributed by atoms with Gasteiger partial charge in [0.1, 0.15) is 5.75 Å². The molecule has 0 aliphatic carbocycles. The smallest absolute Gasteiger partial charge is 0.127 e. The molecule has 0 atom stereocenters. The summed E-state index contributed by atoms with van der Waals surface area (Å²) in [7, 11) is 0. The van der Waals surface area contributed by atoms with Gasteiger partial charge in [-0.05, 0) is 37.1 Å². The molecule has 0 saturated heterocycles. The average molecular weight is 298 g/mol. The van der Waals surface area contributed by atoms with E-state index in [9.17, 15) is 0 Å². The van der Waals surface area contributed by atoms with Crippen molar-refractivity contribution in [3.8, 4) is 5.75 Å². The molecule has 0 spiro atoms. The Morgan fingerprint density at radius 1 is 1.30 bits per heavy atom. The first-order valence-electron chi connectivity index (χ1n) is 7.54. The Hall–Kier alpha value is -0.770. The highest BCUT2D eigenvalue weighted by molar-refractivity contribution is 6.30. The molecule has 2 rings (SSSR count). The fourth-order valence-corrected chi connectivity index (χ4v) is 2.61. The monoisotopic (exact) mass is 297 g/mol. The van der Waals surface area contributed by atoms with Gasteiger partial charge in [-0.15, -0.1) is 0 Å². The van der Waals surface area contributed by atoms with Gasteiger partial charge in [0.2, 0.25) is 0 Å². The van der Waals surface area contributed by atoms with Crippen molar-refractivity contribution in [1.82, 2.24) is 5.32 Å². The van der Waals surface area contributed by atoms with Crippen LogP contribution in [-0.4, -0.2) is 26.4 Å². The van der Waals surface area contributed by atoms with Crippen LogP contribution in [0, 0.1) is 0 Å². The van der Waals surface area contributed by atoms with Gasteiger partial charge in [-0.25, -0.2) is 0 Å². The summed E-state index contributed by atoms with van der Waals surface area (Å²) >= 11 is 6.14. The summed E-state index contributed by atoms with van der Waals surface area (Å²) in [5.74, 6) is 1.03. The maximum atomic E-state index is 6.14. The molecule has 0 amide bonds. The number of ether oxygens (including phenoxy) is 2. The summed E-state index contributed by atoms with van der Waals surface area (Å²) in [6.07, 6.45) is 4.35. The van der Waals surface area contributed by atoms with E-state index in [1.807, 2.05) is 12.1 Å². The first-order chi connectivity index (χ1) is 9.81. The number of nitrogens with one attached hydrogen (secondary N) is 1. The van der Waals surface area contributed by atoms with Crippen molar-refractivity contribution in [2.75, 3.05) is 26.4 Å². The van der Waals surface area contributed by atoms with Crippen molar-refractivity contribution in [3.05, 3.63) is 28.3 Å².